The molecule has 0 bridgehead atoms. The van der Waals surface area contributed by atoms with E-state index in [2.05, 4.69) is 10.3 Å². The summed E-state index contributed by atoms with van der Waals surface area (Å²) < 4.78 is 12.5. The summed E-state index contributed by atoms with van der Waals surface area (Å²) in [5.41, 5.74) is 1.75. The molecule has 0 atom stereocenters. The van der Waals surface area contributed by atoms with Crippen LogP contribution in [0, 0.1) is 0 Å². The molecule has 1 N–H and O–H groups in total. The molecule has 4 rings (SSSR count). The van der Waals surface area contributed by atoms with Crippen LogP contribution in [0.2, 0.25) is 0 Å². The van der Waals surface area contributed by atoms with Gasteiger partial charge in [0, 0.05) is 24.3 Å². The molecular formula is C15H13N3O3S. The van der Waals surface area contributed by atoms with Gasteiger partial charge in [-0.25, -0.2) is 4.98 Å². The van der Waals surface area contributed by atoms with Crippen LogP contribution in [0.3, 0.4) is 0 Å². The van der Waals surface area contributed by atoms with Crippen LogP contribution < -0.4 is 14.8 Å². The Morgan fingerprint density at radius 2 is 2.27 bits per heavy atom. The third-order valence-electron chi connectivity index (χ3n) is 3.41. The van der Waals surface area contributed by atoms with Crippen LogP contribution in [-0.2, 0) is 17.8 Å². The summed E-state index contributed by atoms with van der Waals surface area (Å²) in [4.78, 5) is 17.3. The predicted molar refractivity (Wildman–Crippen MR) is 81.2 cm³/mol. The van der Waals surface area contributed by atoms with E-state index in [4.69, 9.17) is 9.47 Å². The maximum atomic E-state index is 12.0. The number of hydrogen-bond acceptors (Lipinski definition) is 5. The number of aromatic nitrogens is 2. The number of ether oxygens (including phenoxy) is 2. The highest BCUT2D eigenvalue weighted by Crippen LogP contribution is 2.32. The molecule has 0 unspecified atom stereocenters. The second-order valence-corrected chi connectivity index (χ2v) is 5.84. The van der Waals surface area contributed by atoms with Crippen LogP contribution >= 0.6 is 11.3 Å². The molecule has 1 aliphatic rings. The molecule has 6 nitrogen and oxygen atoms in total. The fourth-order valence-electron chi connectivity index (χ4n) is 2.34. The van der Waals surface area contributed by atoms with Gasteiger partial charge in [-0.05, 0) is 17.7 Å². The summed E-state index contributed by atoms with van der Waals surface area (Å²) in [6.45, 7) is 0.709. The third-order valence-corrected chi connectivity index (χ3v) is 4.18. The molecule has 0 fully saturated rings. The molecular weight excluding hydrogens is 302 g/mol. The van der Waals surface area contributed by atoms with Crippen molar-refractivity contribution in [2.24, 2.45) is 0 Å². The van der Waals surface area contributed by atoms with E-state index in [-0.39, 0.29) is 19.1 Å². The van der Waals surface area contributed by atoms with Crippen molar-refractivity contribution in [3.63, 3.8) is 0 Å². The standard InChI is InChI=1S/C15H13N3O3S/c19-14(6-11-8-18-3-4-22-15(18)17-11)16-7-10-1-2-12-13(5-10)21-9-20-12/h1-5,8H,6-7,9H2,(H,16,19). The van der Waals surface area contributed by atoms with Crippen LogP contribution in [0.1, 0.15) is 11.3 Å². The molecule has 7 heteroatoms. The van der Waals surface area contributed by atoms with Crippen molar-refractivity contribution in [3.05, 3.63) is 47.2 Å². The van der Waals surface area contributed by atoms with Gasteiger partial charge in [-0.3, -0.25) is 9.20 Å². The molecule has 3 heterocycles. The van der Waals surface area contributed by atoms with Gasteiger partial charge in [0.05, 0.1) is 12.1 Å². The second-order valence-electron chi connectivity index (χ2n) is 4.97. The monoisotopic (exact) mass is 315 g/mol. The van der Waals surface area contributed by atoms with Gasteiger partial charge in [0.15, 0.2) is 16.5 Å². The lowest BCUT2D eigenvalue weighted by molar-refractivity contribution is -0.120. The lowest BCUT2D eigenvalue weighted by Gasteiger charge is -2.05. The fourth-order valence-corrected chi connectivity index (χ4v) is 3.06. The van der Waals surface area contributed by atoms with Gasteiger partial charge in [0.25, 0.3) is 0 Å². The van der Waals surface area contributed by atoms with Gasteiger partial charge in [0.2, 0.25) is 12.7 Å². The van der Waals surface area contributed by atoms with E-state index in [0.717, 1.165) is 27.7 Å². The molecule has 0 aliphatic carbocycles. The lowest BCUT2D eigenvalue weighted by atomic mass is 10.2. The Morgan fingerprint density at radius 1 is 1.36 bits per heavy atom. The van der Waals surface area contributed by atoms with E-state index in [0.29, 0.717) is 6.54 Å². The van der Waals surface area contributed by atoms with Crippen molar-refractivity contribution in [2.75, 3.05) is 6.79 Å². The number of nitrogens with zero attached hydrogens (tertiary/aromatic N) is 2. The molecule has 1 amide bonds. The van der Waals surface area contributed by atoms with Crippen LogP contribution in [-0.4, -0.2) is 22.1 Å². The highest BCUT2D eigenvalue weighted by molar-refractivity contribution is 7.15. The summed E-state index contributed by atoms with van der Waals surface area (Å²) in [7, 11) is 0. The first-order chi connectivity index (χ1) is 10.8. The zero-order valence-corrected chi connectivity index (χ0v) is 12.4. The highest BCUT2D eigenvalue weighted by atomic mass is 32.1. The highest BCUT2D eigenvalue weighted by Gasteiger charge is 2.14. The smallest absolute Gasteiger partial charge is 0.231 e. The minimum Gasteiger partial charge on any atom is -0.454 e. The molecule has 22 heavy (non-hydrogen) atoms. The van der Waals surface area contributed by atoms with E-state index in [1.54, 1.807) is 11.3 Å². The molecule has 0 radical (unpaired) electrons. The zero-order valence-electron chi connectivity index (χ0n) is 11.6. The number of rotatable bonds is 4. The number of amides is 1. The second kappa shape index (κ2) is 5.34. The van der Waals surface area contributed by atoms with Gasteiger partial charge >= 0.3 is 0 Å². The Hall–Kier alpha value is -2.54. The number of benzene rings is 1. The minimum absolute atomic E-state index is 0.0524. The summed E-state index contributed by atoms with van der Waals surface area (Å²) in [5.74, 6) is 1.41. The Kier molecular flexibility index (Phi) is 3.19. The quantitative estimate of drug-likeness (QED) is 0.799. The van der Waals surface area contributed by atoms with Crippen molar-refractivity contribution >= 4 is 22.2 Å². The number of thiazole rings is 1. The SMILES string of the molecule is O=C(Cc1cn2ccsc2n1)NCc1ccc2c(c1)OCO2. The molecule has 112 valence electrons. The van der Waals surface area contributed by atoms with E-state index in [1.807, 2.05) is 40.4 Å². The average Bonchev–Trinajstić information content (AvgIpc) is 3.19. The topological polar surface area (TPSA) is 64.9 Å². The van der Waals surface area contributed by atoms with Crippen LogP contribution in [0.4, 0.5) is 0 Å². The van der Waals surface area contributed by atoms with Crippen molar-refractivity contribution in [1.82, 2.24) is 14.7 Å². The number of hydrogen-bond donors (Lipinski definition) is 1. The predicted octanol–water partition coefficient (Wildman–Crippen LogP) is 1.98. The molecule has 1 aromatic carbocycles. The number of nitrogens with one attached hydrogen (secondary N) is 1. The molecule has 0 saturated carbocycles. The van der Waals surface area contributed by atoms with Crippen molar-refractivity contribution in [1.29, 1.82) is 0 Å². The Labute approximate surface area is 130 Å². The van der Waals surface area contributed by atoms with Gasteiger partial charge in [-0.15, -0.1) is 11.3 Å². The first kappa shape index (κ1) is 13.1. The molecule has 0 saturated heterocycles. The average molecular weight is 315 g/mol. The van der Waals surface area contributed by atoms with E-state index in [1.165, 1.54) is 0 Å². The van der Waals surface area contributed by atoms with Crippen molar-refractivity contribution in [2.45, 2.75) is 13.0 Å². The van der Waals surface area contributed by atoms with Gasteiger partial charge in [-0.2, -0.15) is 0 Å². The zero-order chi connectivity index (χ0) is 14.9. The number of carbonyl (C=O) groups excluding carboxylic acids is 1. The Morgan fingerprint density at radius 3 is 3.18 bits per heavy atom. The van der Waals surface area contributed by atoms with Crippen LogP contribution in [0.25, 0.3) is 4.96 Å². The van der Waals surface area contributed by atoms with Crippen LogP contribution in [0.15, 0.2) is 36.0 Å². The summed E-state index contributed by atoms with van der Waals surface area (Å²) in [6.07, 6.45) is 4.09. The van der Waals surface area contributed by atoms with Crippen molar-refractivity contribution < 1.29 is 14.3 Å². The first-order valence-electron chi connectivity index (χ1n) is 6.84. The minimum atomic E-state index is -0.0524. The number of carbonyl (C=O) groups is 1. The van der Waals surface area contributed by atoms with E-state index in [9.17, 15) is 4.79 Å². The maximum absolute atomic E-state index is 12.0. The molecule has 1 aliphatic heterocycles. The van der Waals surface area contributed by atoms with Gasteiger partial charge in [-0.1, -0.05) is 6.07 Å². The summed E-state index contributed by atoms with van der Waals surface area (Å²) in [5, 5.41) is 4.86. The van der Waals surface area contributed by atoms with E-state index < -0.39 is 0 Å². The van der Waals surface area contributed by atoms with Crippen molar-refractivity contribution in [3.8, 4) is 11.5 Å². The van der Waals surface area contributed by atoms with Gasteiger partial charge in [0.1, 0.15) is 0 Å². The Balaban J connectivity index is 1.37. The summed E-state index contributed by atoms with van der Waals surface area (Å²) >= 11 is 1.55. The summed E-state index contributed by atoms with van der Waals surface area (Å²) in [6, 6.07) is 5.66. The van der Waals surface area contributed by atoms with E-state index >= 15 is 0 Å². The fraction of sp³-hybridized carbons (Fsp3) is 0.200. The molecule has 2 aromatic heterocycles. The maximum Gasteiger partial charge on any atom is 0.231 e. The Bertz CT molecular complexity index is 811. The van der Waals surface area contributed by atoms with Gasteiger partial charge < -0.3 is 14.8 Å². The first-order valence-corrected chi connectivity index (χ1v) is 7.72. The third kappa shape index (κ3) is 2.50. The normalized spacial score (nSPS) is 12.7. The molecule has 0 spiro atoms. The number of fused-ring (bicyclic) bond motifs is 2. The molecule has 3 aromatic rings. The number of imidazole rings is 1. The largest absolute Gasteiger partial charge is 0.454 e. The van der Waals surface area contributed by atoms with Crippen LogP contribution in [0.5, 0.6) is 11.5 Å². The lowest BCUT2D eigenvalue weighted by Crippen LogP contribution is -2.24.